The Morgan fingerprint density at radius 1 is 1.50 bits per heavy atom. The molecule has 0 aliphatic heterocycles. The first kappa shape index (κ1) is 7.12. The summed E-state index contributed by atoms with van der Waals surface area (Å²) in [6.45, 7) is 4.23. The standard InChI is InChI=1S/C8H10/c1-4-5-6-7-8(2)3/h1,8H,7H2,2-3H3. The maximum atomic E-state index is 4.89. The third-order valence-corrected chi connectivity index (χ3v) is 0.671. The normalized spacial score (nSPS) is 7.25. The molecule has 0 saturated carbocycles. The lowest BCUT2D eigenvalue weighted by Gasteiger charge is -1.90. The van der Waals surface area contributed by atoms with Gasteiger partial charge in [-0.25, -0.2) is 0 Å². The molecule has 0 atom stereocenters. The Balaban J connectivity index is 3.33. The Kier molecular flexibility index (Phi) is 3.81. The molecule has 0 bridgehead atoms. The van der Waals surface area contributed by atoms with Crippen molar-refractivity contribution in [2.45, 2.75) is 20.3 Å². The van der Waals surface area contributed by atoms with Crippen molar-refractivity contribution in [2.24, 2.45) is 5.92 Å². The Bertz CT molecular complexity index is 136. The summed E-state index contributed by atoms with van der Waals surface area (Å²) in [6, 6.07) is 0. The van der Waals surface area contributed by atoms with Crippen LogP contribution in [-0.4, -0.2) is 0 Å². The molecule has 0 radical (unpaired) electrons. The van der Waals surface area contributed by atoms with Crippen molar-refractivity contribution in [1.29, 1.82) is 0 Å². The molecule has 0 heteroatoms. The SMILES string of the molecule is C#CC#CCC(C)C. The third kappa shape index (κ3) is 5.12. The average molecular weight is 106 g/mol. The van der Waals surface area contributed by atoms with Crippen LogP contribution in [0.5, 0.6) is 0 Å². The van der Waals surface area contributed by atoms with Crippen LogP contribution in [0.4, 0.5) is 0 Å². The summed E-state index contributed by atoms with van der Waals surface area (Å²) in [4.78, 5) is 0. The fourth-order valence-corrected chi connectivity index (χ4v) is 0.306. The zero-order valence-corrected chi connectivity index (χ0v) is 5.36. The second-order valence-electron chi connectivity index (χ2n) is 2.04. The molecule has 0 saturated heterocycles. The van der Waals surface area contributed by atoms with Gasteiger partial charge in [-0.15, -0.1) is 6.42 Å². The van der Waals surface area contributed by atoms with E-state index in [4.69, 9.17) is 6.42 Å². The Labute approximate surface area is 51.3 Å². The van der Waals surface area contributed by atoms with Gasteiger partial charge in [0, 0.05) is 6.42 Å². The van der Waals surface area contributed by atoms with Crippen molar-refractivity contribution in [1.82, 2.24) is 0 Å². The molecule has 0 aromatic heterocycles. The zero-order chi connectivity index (χ0) is 6.41. The summed E-state index contributed by atoms with van der Waals surface area (Å²) < 4.78 is 0. The molecule has 42 valence electrons. The van der Waals surface area contributed by atoms with Gasteiger partial charge in [0.25, 0.3) is 0 Å². The number of hydrogen-bond donors (Lipinski definition) is 0. The van der Waals surface area contributed by atoms with E-state index in [1.807, 2.05) is 0 Å². The van der Waals surface area contributed by atoms with Crippen LogP contribution in [0.2, 0.25) is 0 Å². The molecular formula is C8H10. The first-order valence-electron chi connectivity index (χ1n) is 2.71. The summed E-state index contributed by atoms with van der Waals surface area (Å²) in [7, 11) is 0. The molecule has 0 fully saturated rings. The van der Waals surface area contributed by atoms with Gasteiger partial charge in [0.2, 0.25) is 0 Å². The van der Waals surface area contributed by atoms with Crippen molar-refractivity contribution >= 4 is 0 Å². The highest BCUT2D eigenvalue weighted by atomic mass is 13.9. The number of terminal acetylenes is 1. The van der Waals surface area contributed by atoms with Crippen LogP contribution >= 0.6 is 0 Å². The van der Waals surface area contributed by atoms with Crippen molar-refractivity contribution in [3.05, 3.63) is 0 Å². The average Bonchev–Trinajstić information content (AvgIpc) is 1.66. The van der Waals surface area contributed by atoms with Crippen LogP contribution in [-0.2, 0) is 0 Å². The van der Waals surface area contributed by atoms with E-state index in [2.05, 4.69) is 31.6 Å². The maximum Gasteiger partial charge on any atom is 0.0122 e. The van der Waals surface area contributed by atoms with Crippen LogP contribution < -0.4 is 0 Å². The van der Waals surface area contributed by atoms with E-state index in [0.717, 1.165) is 6.42 Å². The molecule has 0 heterocycles. The Morgan fingerprint density at radius 3 is 2.50 bits per heavy atom. The minimum Gasteiger partial charge on any atom is -0.106 e. The van der Waals surface area contributed by atoms with E-state index in [0.29, 0.717) is 5.92 Å². The highest BCUT2D eigenvalue weighted by Crippen LogP contribution is 1.94. The summed E-state index contributed by atoms with van der Waals surface area (Å²) in [5, 5.41) is 0. The van der Waals surface area contributed by atoms with Gasteiger partial charge in [-0.1, -0.05) is 19.8 Å². The predicted molar refractivity (Wildman–Crippen MR) is 36.1 cm³/mol. The topological polar surface area (TPSA) is 0 Å². The fraction of sp³-hybridized carbons (Fsp3) is 0.500. The van der Waals surface area contributed by atoms with Gasteiger partial charge >= 0.3 is 0 Å². The molecule has 0 nitrogen and oxygen atoms in total. The van der Waals surface area contributed by atoms with Gasteiger partial charge in [-0.05, 0) is 17.8 Å². The lowest BCUT2D eigenvalue weighted by Crippen LogP contribution is -1.80. The van der Waals surface area contributed by atoms with Crippen LogP contribution in [0.1, 0.15) is 20.3 Å². The fourth-order valence-electron chi connectivity index (χ4n) is 0.306. The van der Waals surface area contributed by atoms with E-state index in [-0.39, 0.29) is 0 Å². The van der Waals surface area contributed by atoms with E-state index < -0.39 is 0 Å². The molecule has 0 N–H and O–H groups in total. The van der Waals surface area contributed by atoms with Crippen molar-refractivity contribution in [3.8, 4) is 24.2 Å². The van der Waals surface area contributed by atoms with Gasteiger partial charge in [0.1, 0.15) is 0 Å². The maximum absolute atomic E-state index is 4.89. The largest absolute Gasteiger partial charge is 0.106 e. The van der Waals surface area contributed by atoms with Gasteiger partial charge in [-0.3, -0.25) is 0 Å². The van der Waals surface area contributed by atoms with Crippen LogP contribution in [0.25, 0.3) is 0 Å². The van der Waals surface area contributed by atoms with Gasteiger partial charge in [-0.2, -0.15) is 0 Å². The Morgan fingerprint density at radius 2 is 2.12 bits per heavy atom. The van der Waals surface area contributed by atoms with Crippen molar-refractivity contribution in [2.75, 3.05) is 0 Å². The third-order valence-electron chi connectivity index (χ3n) is 0.671. The Hall–Kier alpha value is -0.880. The summed E-state index contributed by atoms with van der Waals surface area (Å²) in [5.41, 5.74) is 0. The minimum atomic E-state index is 0.635. The molecule has 0 spiro atoms. The van der Waals surface area contributed by atoms with E-state index in [9.17, 15) is 0 Å². The van der Waals surface area contributed by atoms with E-state index >= 15 is 0 Å². The summed E-state index contributed by atoms with van der Waals surface area (Å²) >= 11 is 0. The van der Waals surface area contributed by atoms with E-state index in [1.165, 1.54) is 0 Å². The van der Waals surface area contributed by atoms with Crippen molar-refractivity contribution < 1.29 is 0 Å². The lowest BCUT2D eigenvalue weighted by molar-refractivity contribution is 0.676. The first-order chi connectivity index (χ1) is 3.77. The predicted octanol–water partition coefficient (Wildman–Crippen LogP) is 1.67. The molecule has 0 aromatic carbocycles. The smallest absolute Gasteiger partial charge is 0.0122 e. The molecule has 0 amide bonds. The van der Waals surface area contributed by atoms with Gasteiger partial charge in [0.05, 0.1) is 0 Å². The molecule has 8 heavy (non-hydrogen) atoms. The molecule has 0 aromatic rings. The number of rotatable bonds is 1. The van der Waals surface area contributed by atoms with Crippen molar-refractivity contribution in [3.63, 3.8) is 0 Å². The molecule has 0 aliphatic rings. The quantitative estimate of drug-likeness (QED) is 0.446. The second-order valence-corrected chi connectivity index (χ2v) is 2.04. The van der Waals surface area contributed by atoms with Crippen LogP contribution in [0.3, 0.4) is 0 Å². The molecular weight excluding hydrogens is 96.1 g/mol. The van der Waals surface area contributed by atoms with E-state index in [1.54, 1.807) is 0 Å². The first-order valence-corrected chi connectivity index (χ1v) is 2.71. The number of hydrogen-bond acceptors (Lipinski definition) is 0. The molecule has 0 rings (SSSR count). The summed E-state index contributed by atoms with van der Waals surface area (Å²) in [5.74, 6) is 8.30. The van der Waals surface area contributed by atoms with Gasteiger partial charge < -0.3 is 0 Å². The monoisotopic (exact) mass is 106 g/mol. The van der Waals surface area contributed by atoms with Gasteiger partial charge in [0.15, 0.2) is 0 Å². The molecule has 0 aliphatic carbocycles. The highest BCUT2D eigenvalue weighted by molar-refractivity contribution is 5.21. The minimum absolute atomic E-state index is 0.635. The van der Waals surface area contributed by atoms with Crippen LogP contribution in [0.15, 0.2) is 0 Å². The summed E-state index contributed by atoms with van der Waals surface area (Å²) in [6.07, 6.45) is 5.80. The van der Waals surface area contributed by atoms with Crippen LogP contribution in [0, 0.1) is 30.1 Å². The molecule has 0 unspecified atom stereocenters. The second kappa shape index (κ2) is 4.28. The zero-order valence-electron chi connectivity index (χ0n) is 5.36. The highest BCUT2D eigenvalue weighted by Gasteiger charge is 1.84. The lowest BCUT2D eigenvalue weighted by atomic mass is 10.1.